The molecule has 0 saturated heterocycles. The molecule has 3 aromatic rings. The predicted octanol–water partition coefficient (Wildman–Crippen LogP) is 3.98. The maximum absolute atomic E-state index is 13.7. The smallest absolute Gasteiger partial charge is 0.321 e. The average Bonchev–Trinajstić information content (AvgIpc) is 3.47. The quantitative estimate of drug-likeness (QED) is 0.363. The number of nitrogens with zero attached hydrogens (tertiary/aromatic N) is 2. The second kappa shape index (κ2) is 13.0. The van der Waals surface area contributed by atoms with Gasteiger partial charge in [-0.15, -0.1) is 0 Å². The van der Waals surface area contributed by atoms with Crippen molar-refractivity contribution in [3.8, 4) is 17.2 Å². The number of amides is 4. The molecule has 3 N–H and O–H groups in total. The zero-order chi connectivity index (χ0) is 30.5. The Bertz CT molecular complexity index is 1480. The molecule has 0 aromatic heterocycles. The van der Waals surface area contributed by atoms with Gasteiger partial charge in [-0.3, -0.25) is 9.59 Å². The standard InChI is InChI=1S/C32H36N4O7/c1-20-16-36(21(2)18-37)31(39)25-14-23(33-30(38)13-22-7-5-4-6-8-22)9-11-26(25)43-29(20)17-35(3)32(40)34-24-10-12-27-28(15-24)42-19-41-27/h4-12,14-15,20-21,29,37H,13,16-19H2,1-3H3,(H,33,38)(H,34,40)/t20-,21-,29-/m0/s1. The van der Waals surface area contributed by atoms with E-state index in [1.165, 1.54) is 4.90 Å². The van der Waals surface area contributed by atoms with Crippen molar-refractivity contribution in [1.29, 1.82) is 0 Å². The highest BCUT2D eigenvalue weighted by atomic mass is 16.7. The van der Waals surface area contributed by atoms with Gasteiger partial charge >= 0.3 is 6.03 Å². The number of fused-ring (bicyclic) bond motifs is 2. The molecule has 3 aromatic carbocycles. The maximum atomic E-state index is 13.7. The molecule has 2 aliphatic heterocycles. The van der Waals surface area contributed by atoms with E-state index < -0.39 is 12.1 Å². The van der Waals surface area contributed by atoms with E-state index in [9.17, 15) is 19.5 Å². The van der Waals surface area contributed by atoms with Crippen molar-refractivity contribution >= 4 is 29.2 Å². The number of urea groups is 1. The summed E-state index contributed by atoms with van der Waals surface area (Å²) in [7, 11) is 1.67. The third-order valence-corrected chi connectivity index (χ3v) is 7.58. The monoisotopic (exact) mass is 588 g/mol. The minimum Gasteiger partial charge on any atom is -0.487 e. The highest BCUT2D eigenvalue weighted by Gasteiger charge is 2.34. The first-order valence-electron chi connectivity index (χ1n) is 14.2. The average molecular weight is 589 g/mol. The van der Waals surface area contributed by atoms with Gasteiger partial charge in [0.05, 0.1) is 31.2 Å². The van der Waals surface area contributed by atoms with Crippen LogP contribution in [0.1, 0.15) is 29.8 Å². The number of hydrogen-bond acceptors (Lipinski definition) is 7. The van der Waals surface area contributed by atoms with Crippen LogP contribution in [0.25, 0.3) is 0 Å². The van der Waals surface area contributed by atoms with E-state index in [4.69, 9.17) is 14.2 Å². The van der Waals surface area contributed by atoms with Crippen molar-refractivity contribution in [2.24, 2.45) is 5.92 Å². The summed E-state index contributed by atoms with van der Waals surface area (Å²) in [6.07, 6.45) is -0.290. The van der Waals surface area contributed by atoms with Crippen LogP contribution in [0.3, 0.4) is 0 Å². The van der Waals surface area contributed by atoms with E-state index in [1.54, 1.807) is 55.3 Å². The molecule has 0 radical (unpaired) electrons. The van der Waals surface area contributed by atoms with Crippen LogP contribution >= 0.6 is 0 Å². The molecule has 3 atom stereocenters. The van der Waals surface area contributed by atoms with Crippen molar-refractivity contribution in [1.82, 2.24) is 9.80 Å². The number of benzene rings is 3. The van der Waals surface area contributed by atoms with E-state index >= 15 is 0 Å². The zero-order valence-electron chi connectivity index (χ0n) is 24.4. The molecule has 11 heteroatoms. The number of aliphatic hydroxyl groups excluding tert-OH is 1. The first-order chi connectivity index (χ1) is 20.7. The first kappa shape index (κ1) is 29.7. The van der Waals surface area contributed by atoms with E-state index in [-0.39, 0.29) is 55.7 Å². The molecule has 0 spiro atoms. The lowest BCUT2D eigenvalue weighted by Crippen LogP contribution is -2.50. The van der Waals surface area contributed by atoms with Gasteiger partial charge in [0.15, 0.2) is 11.5 Å². The Labute approximate surface area is 250 Å². The summed E-state index contributed by atoms with van der Waals surface area (Å²) >= 11 is 0. The summed E-state index contributed by atoms with van der Waals surface area (Å²) in [5, 5.41) is 15.7. The number of anilines is 2. The molecule has 0 aliphatic carbocycles. The van der Waals surface area contributed by atoms with Crippen LogP contribution in [0, 0.1) is 5.92 Å². The van der Waals surface area contributed by atoms with E-state index in [0.717, 1.165) is 5.56 Å². The summed E-state index contributed by atoms with van der Waals surface area (Å²) in [6, 6.07) is 18.7. The Balaban J connectivity index is 1.33. The summed E-state index contributed by atoms with van der Waals surface area (Å²) in [4.78, 5) is 42.7. The molecule has 0 unspecified atom stereocenters. The summed E-state index contributed by atoms with van der Waals surface area (Å²) in [5.41, 5.74) is 2.16. The lowest BCUT2D eigenvalue weighted by Gasteiger charge is -2.38. The van der Waals surface area contributed by atoms with Crippen LogP contribution in [0.4, 0.5) is 16.2 Å². The maximum Gasteiger partial charge on any atom is 0.321 e. The summed E-state index contributed by atoms with van der Waals surface area (Å²) < 4.78 is 17.1. The Hall–Kier alpha value is -4.77. The Morgan fingerprint density at radius 3 is 2.44 bits per heavy atom. The predicted molar refractivity (Wildman–Crippen MR) is 161 cm³/mol. The molecule has 0 bridgehead atoms. The minimum atomic E-state index is -0.480. The molecular weight excluding hydrogens is 552 g/mol. The van der Waals surface area contributed by atoms with Crippen LogP contribution in [0.2, 0.25) is 0 Å². The Kier molecular flexibility index (Phi) is 9.01. The highest BCUT2D eigenvalue weighted by Crippen LogP contribution is 2.34. The van der Waals surface area contributed by atoms with E-state index in [2.05, 4.69) is 10.6 Å². The topological polar surface area (TPSA) is 130 Å². The number of carbonyl (C=O) groups is 3. The molecule has 11 nitrogen and oxygen atoms in total. The molecule has 2 heterocycles. The molecule has 0 fully saturated rings. The van der Waals surface area contributed by atoms with Crippen LogP contribution < -0.4 is 24.8 Å². The molecule has 43 heavy (non-hydrogen) atoms. The van der Waals surface area contributed by atoms with Crippen molar-refractivity contribution in [3.63, 3.8) is 0 Å². The van der Waals surface area contributed by atoms with E-state index in [0.29, 0.717) is 35.2 Å². The molecule has 0 saturated carbocycles. The number of hydrogen-bond donors (Lipinski definition) is 3. The molecular formula is C32H36N4O7. The van der Waals surface area contributed by atoms with Crippen molar-refractivity contribution in [2.75, 3.05) is 44.2 Å². The summed E-state index contributed by atoms with van der Waals surface area (Å²) in [6.45, 7) is 4.17. The van der Waals surface area contributed by atoms with Gasteiger partial charge in [0.2, 0.25) is 12.7 Å². The lowest BCUT2D eigenvalue weighted by atomic mass is 9.99. The summed E-state index contributed by atoms with van der Waals surface area (Å²) in [5.74, 6) is 0.811. The SMILES string of the molecule is C[C@H]1CN([C@@H](C)CO)C(=O)c2cc(NC(=O)Cc3ccccc3)ccc2O[C@H]1CN(C)C(=O)Nc1ccc2c(c1)OCO2. The Morgan fingerprint density at radius 1 is 1.00 bits per heavy atom. The molecule has 2 aliphatic rings. The van der Waals surface area contributed by atoms with Crippen molar-refractivity contribution in [3.05, 3.63) is 77.9 Å². The molecule has 4 amide bonds. The van der Waals surface area contributed by atoms with Gasteiger partial charge in [-0.2, -0.15) is 0 Å². The van der Waals surface area contributed by atoms with Gasteiger partial charge in [0.25, 0.3) is 5.91 Å². The van der Waals surface area contributed by atoms with Crippen molar-refractivity contribution in [2.45, 2.75) is 32.4 Å². The fourth-order valence-corrected chi connectivity index (χ4v) is 5.05. The second-order valence-electron chi connectivity index (χ2n) is 10.9. The number of nitrogens with one attached hydrogen (secondary N) is 2. The first-order valence-corrected chi connectivity index (χ1v) is 14.2. The number of ether oxygens (including phenoxy) is 3. The fourth-order valence-electron chi connectivity index (χ4n) is 5.05. The van der Waals surface area contributed by atoms with Gasteiger partial charge < -0.3 is 39.8 Å². The number of likely N-dealkylation sites (N-methyl/N-ethyl adjacent to an activating group) is 1. The van der Waals surface area contributed by atoms with Crippen LogP contribution in [0.5, 0.6) is 17.2 Å². The third kappa shape index (κ3) is 7.00. The third-order valence-electron chi connectivity index (χ3n) is 7.58. The largest absolute Gasteiger partial charge is 0.487 e. The van der Waals surface area contributed by atoms with Gasteiger partial charge in [-0.1, -0.05) is 37.3 Å². The number of aliphatic hydroxyl groups is 1. The number of carbonyl (C=O) groups excluding carboxylic acids is 3. The molecule has 226 valence electrons. The van der Waals surface area contributed by atoms with Crippen LogP contribution in [-0.4, -0.2) is 78.4 Å². The van der Waals surface area contributed by atoms with E-state index in [1.807, 2.05) is 37.3 Å². The van der Waals surface area contributed by atoms with Gasteiger partial charge in [-0.25, -0.2) is 4.79 Å². The minimum absolute atomic E-state index is 0.140. The van der Waals surface area contributed by atoms with Crippen LogP contribution in [-0.2, 0) is 11.2 Å². The van der Waals surface area contributed by atoms with Crippen LogP contribution in [0.15, 0.2) is 66.7 Å². The normalized spacial score (nSPS) is 18.0. The lowest BCUT2D eigenvalue weighted by molar-refractivity contribution is -0.115. The Morgan fingerprint density at radius 2 is 1.70 bits per heavy atom. The van der Waals surface area contributed by atoms with Gasteiger partial charge in [0.1, 0.15) is 11.9 Å². The van der Waals surface area contributed by atoms with Gasteiger partial charge in [-0.05, 0) is 42.8 Å². The number of rotatable bonds is 8. The van der Waals surface area contributed by atoms with Gasteiger partial charge in [0, 0.05) is 37.0 Å². The van der Waals surface area contributed by atoms with Crippen molar-refractivity contribution < 1.29 is 33.7 Å². The highest BCUT2D eigenvalue weighted by molar-refractivity contribution is 6.00. The zero-order valence-corrected chi connectivity index (χ0v) is 24.4. The fraction of sp³-hybridized carbons (Fsp3) is 0.344. The second-order valence-corrected chi connectivity index (χ2v) is 10.9. The molecule has 5 rings (SSSR count).